The maximum atomic E-state index is 11.5. The summed E-state index contributed by atoms with van der Waals surface area (Å²) in [6, 6.07) is 7.70. The zero-order valence-electron chi connectivity index (χ0n) is 8.32. The van der Waals surface area contributed by atoms with Gasteiger partial charge in [-0.1, -0.05) is 30.7 Å². The molecule has 4 heteroatoms. The van der Waals surface area contributed by atoms with Crippen LogP contribution in [0.2, 0.25) is 0 Å². The Morgan fingerprint density at radius 1 is 1.20 bits per heavy atom. The number of fused-ring (bicyclic) bond motifs is 1. The summed E-state index contributed by atoms with van der Waals surface area (Å²) < 4.78 is 22.9. The van der Waals surface area contributed by atoms with Gasteiger partial charge in [-0.25, -0.2) is 8.42 Å². The molecule has 0 heterocycles. The molecule has 0 aromatic heterocycles. The highest BCUT2D eigenvalue weighted by Crippen LogP contribution is 2.36. The van der Waals surface area contributed by atoms with Crippen molar-refractivity contribution in [3.63, 3.8) is 0 Å². The van der Waals surface area contributed by atoms with Crippen LogP contribution in [0.25, 0.3) is 0 Å². The molecule has 0 radical (unpaired) electrons. The van der Waals surface area contributed by atoms with Gasteiger partial charge in [-0.05, 0) is 30.4 Å². The van der Waals surface area contributed by atoms with E-state index in [9.17, 15) is 8.42 Å². The van der Waals surface area contributed by atoms with Gasteiger partial charge in [0.15, 0.2) is 0 Å². The van der Waals surface area contributed by atoms with Crippen molar-refractivity contribution in [2.75, 3.05) is 0 Å². The molecule has 0 saturated heterocycles. The molecule has 2 rings (SSSR count). The Morgan fingerprint density at radius 3 is 2.67 bits per heavy atom. The van der Waals surface area contributed by atoms with Crippen molar-refractivity contribution in [2.45, 2.75) is 30.9 Å². The summed E-state index contributed by atoms with van der Waals surface area (Å²) in [5.74, 6) is 0. The molecule has 2 nitrogen and oxygen atoms in total. The van der Waals surface area contributed by atoms with Crippen LogP contribution in [0.4, 0.5) is 0 Å². The summed E-state index contributed by atoms with van der Waals surface area (Å²) in [5, 5.41) is -0.516. The lowest BCUT2D eigenvalue weighted by molar-refractivity contribution is 0.585. The van der Waals surface area contributed by atoms with E-state index in [4.69, 9.17) is 10.7 Å². The second kappa shape index (κ2) is 4.14. The van der Waals surface area contributed by atoms with Crippen molar-refractivity contribution in [2.24, 2.45) is 0 Å². The van der Waals surface area contributed by atoms with Crippen molar-refractivity contribution in [3.8, 4) is 0 Å². The lowest BCUT2D eigenvalue weighted by atomic mass is 10.0. The van der Waals surface area contributed by atoms with E-state index in [1.165, 1.54) is 0 Å². The molecule has 1 unspecified atom stereocenters. The summed E-state index contributed by atoms with van der Waals surface area (Å²) in [5.41, 5.74) is 2.02. The van der Waals surface area contributed by atoms with Gasteiger partial charge in [0.1, 0.15) is 5.25 Å². The fourth-order valence-electron chi connectivity index (χ4n) is 2.17. The average Bonchev–Trinajstić information content (AvgIpc) is 2.38. The lowest BCUT2D eigenvalue weighted by Gasteiger charge is -2.13. The van der Waals surface area contributed by atoms with Gasteiger partial charge in [-0.2, -0.15) is 0 Å². The average molecular weight is 245 g/mol. The summed E-state index contributed by atoms with van der Waals surface area (Å²) in [7, 11) is 1.99. The molecule has 0 fully saturated rings. The summed E-state index contributed by atoms with van der Waals surface area (Å²) in [6.07, 6.45) is 3.56. The first-order chi connectivity index (χ1) is 7.09. The Labute approximate surface area is 94.7 Å². The maximum Gasteiger partial charge on any atom is 0.239 e. The molecule has 15 heavy (non-hydrogen) atoms. The van der Waals surface area contributed by atoms with Gasteiger partial charge in [0.2, 0.25) is 9.05 Å². The standard InChI is InChI=1S/C11H13ClO2S/c12-15(13,14)11-8-4-2-6-9-5-1-3-7-10(9)11/h1,3,5,7,11H,2,4,6,8H2. The highest BCUT2D eigenvalue weighted by atomic mass is 35.7. The van der Waals surface area contributed by atoms with Crippen LogP contribution in [-0.4, -0.2) is 8.42 Å². The van der Waals surface area contributed by atoms with E-state index < -0.39 is 14.3 Å². The Kier molecular flexibility index (Phi) is 3.03. The zero-order valence-corrected chi connectivity index (χ0v) is 9.89. The molecule has 82 valence electrons. The van der Waals surface area contributed by atoms with Crippen molar-refractivity contribution >= 4 is 19.7 Å². The van der Waals surface area contributed by atoms with E-state index in [0.717, 1.165) is 30.4 Å². The molecule has 0 amide bonds. The third-order valence-corrected chi connectivity index (χ3v) is 4.72. The van der Waals surface area contributed by atoms with Crippen LogP contribution >= 0.6 is 10.7 Å². The predicted molar refractivity (Wildman–Crippen MR) is 61.5 cm³/mol. The Bertz CT molecular complexity index is 453. The van der Waals surface area contributed by atoms with Gasteiger partial charge in [0.25, 0.3) is 0 Å². The van der Waals surface area contributed by atoms with Crippen LogP contribution in [0.1, 0.15) is 35.6 Å². The molecule has 0 N–H and O–H groups in total. The van der Waals surface area contributed by atoms with Crippen molar-refractivity contribution in [1.82, 2.24) is 0 Å². The predicted octanol–water partition coefficient (Wildman–Crippen LogP) is 3.02. The minimum atomic E-state index is -3.49. The number of aryl methyl sites for hydroxylation is 1. The van der Waals surface area contributed by atoms with Crippen molar-refractivity contribution in [3.05, 3.63) is 35.4 Å². The highest BCUT2D eigenvalue weighted by molar-refractivity contribution is 8.13. The monoisotopic (exact) mass is 244 g/mol. The quantitative estimate of drug-likeness (QED) is 0.562. The van der Waals surface area contributed by atoms with E-state index in [1.807, 2.05) is 24.3 Å². The lowest BCUT2D eigenvalue weighted by Crippen LogP contribution is -2.07. The van der Waals surface area contributed by atoms with Gasteiger partial charge in [-0.3, -0.25) is 0 Å². The van der Waals surface area contributed by atoms with Gasteiger partial charge < -0.3 is 0 Å². The Balaban J connectivity index is 2.51. The van der Waals surface area contributed by atoms with Crippen LogP contribution in [0.5, 0.6) is 0 Å². The van der Waals surface area contributed by atoms with E-state index in [-0.39, 0.29) is 0 Å². The fourth-order valence-corrected chi connectivity index (χ4v) is 3.71. The largest absolute Gasteiger partial charge is 0.239 e. The van der Waals surface area contributed by atoms with Gasteiger partial charge in [-0.15, -0.1) is 0 Å². The van der Waals surface area contributed by atoms with Gasteiger partial charge >= 0.3 is 0 Å². The SMILES string of the molecule is O=S(=O)(Cl)C1CCCCc2ccccc21. The van der Waals surface area contributed by atoms with Crippen molar-refractivity contribution in [1.29, 1.82) is 0 Å². The van der Waals surface area contributed by atoms with Crippen LogP contribution in [0.15, 0.2) is 24.3 Å². The molecule has 1 aliphatic carbocycles. The smallest absolute Gasteiger partial charge is 0.212 e. The number of hydrogen-bond donors (Lipinski definition) is 0. The number of benzene rings is 1. The molecule has 0 spiro atoms. The first-order valence-electron chi connectivity index (χ1n) is 5.10. The van der Waals surface area contributed by atoms with E-state index in [0.29, 0.717) is 6.42 Å². The summed E-state index contributed by atoms with van der Waals surface area (Å²) >= 11 is 0. The Hall–Kier alpha value is -0.540. The van der Waals surface area contributed by atoms with Gasteiger partial charge in [0.05, 0.1) is 0 Å². The molecule has 1 aromatic carbocycles. The van der Waals surface area contributed by atoms with Crippen LogP contribution in [-0.2, 0) is 15.5 Å². The van der Waals surface area contributed by atoms with E-state index in [1.54, 1.807) is 0 Å². The van der Waals surface area contributed by atoms with Gasteiger partial charge in [0, 0.05) is 10.7 Å². The van der Waals surface area contributed by atoms with Crippen molar-refractivity contribution < 1.29 is 8.42 Å². The van der Waals surface area contributed by atoms with E-state index >= 15 is 0 Å². The first kappa shape index (κ1) is 11.0. The molecule has 0 saturated carbocycles. The van der Waals surface area contributed by atoms with Crippen LogP contribution in [0, 0.1) is 0 Å². The van der Waals surface area contributed by atoms with Crippen LogP contribution < -0.4 is 0 Å². The molecule has 1 atom stereocenters. The molecule has 1 aromatic rings. The van der Waals surface area contributed by atoms with E-state index in [2.05, 4.69) is 0 Å². The topological polar surface area (TPSA) is 34.1 Å². The number of halogens is 1. The number of hydrogen-bond acceptors (Lipinski definition) is 2. The van der Waals surface area contributed by atoms with Crippen LogP contribution in [0.3, 0.4) is 0 Å². The normalized spacial score (nSPS) is 21.8. The second-order valence-electron chi connectivity index (χ2n) is 3.91. The number of rotatable bonds is 1. The minimum Gasteiger partial charge on any atom is -0.212 e. The molecule has 1 aliphatic rings. The molecule has 0 aliphatic heterocycles. The minimum absolute atomic E-state index is 0.516. The highest BCUT2D eigenvalue weighted by Gasteiger charge is 2.28. The third kappa shape index (κ3) is 2.34. The molecular formula is C11H13ClO2S. The summed E-state index contributed by atoms with van der Waals surface area (Å²) in [4.78, 5) is 0. The third-order valence-electron chi connectivity index (χ3n) is 2.90. The molecule has 0 bridgehead atoms. The first-order valence-corrected chi connectivity index (χ1v) is 7.47. The zero-order chi connectivity index (χ0) is 10.9. The second-order valence-corrected chi connectivity index (χ2v) is 6.72. The molecular weight excluding hydrogens is 232 g/mol. The summed E-state index contributed by atoms with van der Waals surface area (Å²) in [6.45, 7) is 0. The maximum absolute atomic E-state index is 11.5. The fraction of sp³-hybridized carbons (Fsp3) is 0.455. The Morgan fingerprint density at radius 2 is 1.93 bits per heavy atom.